The van der Waals surface area contributed by atoms with E-state index in [1.807, 2.05) is 53.2 Å². The monoisotopic (exact) mass is 577 g/mol. The molecule has 2 aromatic heterocycles. The zero-order chi connectivity index (χ0) is 30.1. The minimum absolute atomic E-state index is 0.0104. The van der Waals surface area contributed by atoms with Gasteiger partial charge in [0.2, 0.25) is 0 Å². The molecule has 0 aliphatic rings. The maximum Gasteiger partial charge on any atom is 0.251 e. The Bertz CT molecular complexity index is 2000. The number of rotatable bonds is 9. The SMILES string of the molecule is NC(=O)c1cc(-c2cccnc2[C@@H](CC(=O)Cn2ccc3ccc4ccccc4c32)Cc2cc(F)cc(F)c2)ccc1F. The third kappa shape index (κ3) is 5.77. The van der Waals surface area contributed by atoms with Crippen LogP contribution in [0.5, 0.6) is 0 Å². The Hall–Kier alpha value is -5.24. The zero-order valence-electron chi connectivity index (χ0n) is 22.9. The Balaban J connectivity index is 1.39. The summed E-state index contributed by atoms with van der Waals surface area (Å²) in [6, 6.07) is 24.7. The van der Waals surface area contributed by atoms with Gasteiger partial charge in [-0.15, -0.1) is 0 Å². The van der Waals surface area contributed by atoms with E-state index in [0.717, 1.165) is 33.8 Å². The summed E-state index contributed by atoms with van der Waals surface area (Å²) in [5.74, 6) is -3.83. The van der Waals surface area contributed by atoms with E-state index in [9.17, 15) is 22.8 Å². The zero-order valence-corrected chi connectivity index (χ0v) is 22.9. The molecule has 0 saturated carbocycles. The van der Waals surface area contributed by atoms with Gasteiger partial charge in [-0.25, -0.2) is 13.2 Å². The van der Waals surface area contributed by atoms with Gasteiger partial charge >= 0.3 is 0 Å². The molecule has 0 saturated heterocycles. The van der Waals surface area contributed by atoms with Crippen molar-refractivity contribution < 1.29 is 22.8 Å². The van der Waals surface area contributed by atoms with Gasteiger partial charge in [0.05, 0.1) is 23.3 Å². The first kappa shape index (κ1) is 27.9. The molecule has 6 aromatic rings. The Kier molecular flexibility index (Phi) is 7.50. The highest BCUT2D eigenvalue weighted by atomic mass is 19.1. The predicted molar refractivity (Wildman–Crippen MR) is 160 cm³/mol. The fourth-order valence-electron chi connectivity index (χ4n) is 5.78. The number of hydrogen-bond acceptors (Lipinski definition) is 3. The molecule has 1 atom stereocenters. The van der Waals surface area contributed by atoms with E-state index < -0.39 is 29.3 Å². The largest absolute Gasteiger partial charge is 0.366 e. The number of primary amides is 1. The smallest absolute Gasteiger partial charge is 0.251 e. The summed E-state index contributed by atoms with van der Waals surface area (Å²) in [5.41, 5.74) is 7.91. The highest BCUT2D eigenvalue weighted by molar-refractivity contribution is 6.06. The van der Waals surface area contributed by atoms with Gasteiger partial charge in [-0.1, -0.05) is 48.5 Å². The van der Waals surface area contributed by atoms with Crippen LogP contribution in [0.1, 0.15) is 34.0 Å². The van der Waals surface area contributed by atoms with E-state index in [0.29, 0.717) is 22.4 Å². The molecule has 5 nitrogen and oxygen atoms in total. The molecule has 43 heavy (non-hydrogen) atoms. The van der Waals surface area contributed by atoms with Crippen molar-refractivity contribution in [2.24, 2.45) is 5.73 Å². The molecule has 2 N–H and O–H groups in total. The van der Waals surface area contributed by atoms with Gasteiger partial charge in [-0.05, 0) is 59.3 Å². The first-order valence-electron chi connectivity index (χ1n) is 13.7. The van der Waals surface area contributed by atoms with Crippen LogP contribution in [0.2, 0.25) is 0 Å². The lowest BCUT2D eigenvalue weighted by Gasteiger charge is -2.20. The van der Waals surface area contributed by atoms with Gasteiger partial charge in [-0.2, -0.15) is 0 Å². The van der Waals surface area contributed by atoms with Crippen molar-refractivity contribution in [1.29, 1.82) is 0 Å². The molecular formula is C35H26F3N3O2. The molecule has 0 radical (unpaired) electrons. The Labute approximate surface area is 245 Å². The lowest BCUT2D eigenvalue weighted by atomic mass is 9.86. The summed E-state index contributed by atoms with van der Waals surface area (Å²) in [6.07, 6.45) is 3.56. The van der Waals surface area contributed by atoms with Crippen molar-refractivity contribution >= 4 is 33.4 Å². The van der Waals surface area contributed by atoms with Crippen LogP contribution >= 0.6 is 0 Å². The number of fused-ring (bicyclic) bond motifs is 3. The maximum absolute atomic E-state index is 14.3. The molecule has 0 spiro atoms. The van der Waals surface area contributed by atoms with Crippen molar-refractivity contribution in [3.05, 3.63) is 138 Å². The van der Waals surface area contributed by atoms with E-state index in [2.05, 4.69) is 4.98 Å². The minimum Gasteiger partial charge on any atom is -0.366 e. The third-order valence-electron chi connectivity index (χ3n) is 7.65. The fraction of sp³-hybridized carbons (Fsp3) is 0.114. The number of hydrogen-bond donors (Lipinski definition) is 1. The molecule has 8 heteroatoms. The molecule has 4 aromatic carbocycles. The summed E-state index contributed by atoms with van der Waals surface area (Å²) in [6.45, 7) is 0.0794. The van der Waals surface area contributed by atoms with Crippen LogP contribution < -0.4 is 5.73 Å². The number of carbonyl (C=O) groups is 2. The van der Waals surface area contributed by atoms with Crippen molar-refractivity contribution in [3.63, 3.8) is 0 Å². The number of amides is 1. The van der Waals surface area contributed by atoms with Crippen LogP contribution in [0.4, 0.5) is 13.2 Å². The highest BCUT2D eigenvalue weighted by Crippen LogP contribution is 2.34. The topological polar surface area (TPSA) is 78.0 Å². The van der Waals surface area contributed by atoms with Crippen LogP contribution in [0.25, 0.3) is 32.8 Å². The quantitative estimate of drug-likeness (QED) is 0.195. The molecule has 0 aliphatic heterocycles. The normalized spacial score (nSPS) is 12.1. The van der Waals surface area contributed by atoms with Crippen molar-refractivity contribution in [2.75, 3.05) is 0 Å². The fourth-order valence-corrected chi connectivity index (χ4v) is 5.78. The third-order valence-corrected chi connectivity index (χ3v) is 7.65. The predicted octanol–water partition coefficient (Wildman–Crippen LogP) is 7.36. The van der Waals surface area contributed by atoms with Gasteiger partial charge in [0, 0.05) is 47.1 Å². The first-order valence-corrected chi connectivity index (χ1v) is 13.7. The number of ketones is 1. The van der Waals surface area contributed by atoms with Crippen LogP contribution in [0.3, 0.4) is 0 Å². The number of halogens is 3. The molecule has 214 valence electrons. The molecular weight excluding hydrogens is 551 g/mol. The summed E-state index contributed by atoms with van der Waals surface area (Å²) >= 11 is 0. The molecule has 2 heterocycles. The Morgan fingerprint density at radius 3 is 2.40 bits per heavy atom. The number of carbonyl (C=O) groups excluding carboxylic acids is 2. The number of nitrogens with zero attached hydrogens (tertiary/aromatic N) is 2. The molecule has 6 rings (SSSR count). The number of pyridine rings is 1. The van der Waals surface area contributed by atoms with Gasteiger partial charge in [0.25, 0.3) is 5.91 Å². The maximum atomic E-state index is 14.3. The molecule has 0 aliphatic carbocycles. The molecule has 0 unspecified atom stereocenters. The van der Waals surface area contributed by atoms with Gasteiger partial charge in [-0.3, -0.25) is 14.6 Å². The standard InChI is InChI=1S/C35H26F3N3O2/c36-26-15-21(16-27(37)19-26)14-25(33-29(6-3-12-40-33)24-9-10-32(38)31(18-24)35(39)43)17-28(42)20-41-13-11-23-8-7-22-4-1-2-5-30(22)34(23)41/h1-13,15-16,18-19,25H,14,17,20H2,(H2,39,43)/t25-/m1/s1. The lowest BCUT2D eigenvalue weighted by molar-refractivity contribution is -0.119. The van der Waals surface area contributed by atoms with E-state index in [-0.39, 0.29) is 30.7 Å². The molecule has 0 bridgehead atoms. The van der Waals surface area contributed by atoms with Crippen LogP contribution in [0.15, 0.2) is 103 Å². The molecule has 1 amide bonds. The van der Waals surface area contributed by atoms with Crippen LogP contribution in [-0.4, -0.2) is 21.2 Å². The highest BCUT2D eigenvalue weighted by Gasteiger charge is 2.24. The second kappa shape index (κ2) is 11.6. The van der Waals surface area contributed by atoms with E-state index in [1.54, 1.807) is 18.3 Å². The average molecular weight is 578 g/mol. The minimum atomic E-state index is -0.918. The van der Waals surface area contributed by atoms with Crippen LogP contribution in [0, 0.1) is 17.5 Å². The number of aromatic nitrogens is 2. The van der Waals surface area contributed by atoms with Crippen molar-refractivity contribution in [1.82, 2.24) is 9.55 Å². The lowest BCUT2D eigenvalue weighted by Crippen LogP contribution is -2.17. The number of nitrogens with two attached hydrogens (primary N) is 1. The van der Waals surface area contributed by atoms with E-state index in [1.165, 1.54) is 24.3 Å². The van der Waals surface area contributed by atoms with Crippen molar-refractivity contribution in [3.8, 4) is 11.1 Å². The summed E-state index contributed by atoms with van der Waals surface area (Å²) in [4.78, 5) is 30.2. The number of benzene rings is 4. The number of Topliss-reactive ketones (excluding diaryl/α,β-unsaturated/α-hetero) is 1. The first-order chi connectivity index (χ1) is 20.8. The van der Waals surface area contributed by atoms with Gasteiger partial charge in [0.1, 0.15) is 17.5 Å². The second-order valence-corrected chi connectivity index (χ2v) is 10.6. The molecule has 0 fully saturated rings. The Morgan fingerprint density at radius 2 is 1.60 bits per heavy atom. The summed E-state index contributed by atoms with van der Waals surface area (Å²) in [7, 11) is 0. The van der Waals surface area contributed by atoms with Crippen molar-refractivity contribution in [2.45, 2.75) is 25.3 Å². The average Bonchev–Trinajstić information content (AvgIpc) is 3.39. The van der Waals surface area contributed by atoms with Gasteiger partial charge in [0.15, 0.2) is 5.78 Å². The van der Waals surface area contributed by atoms with Crippen LogP contribution in [-0.2, 0) is 17.8 Å². The second-order valence-electron chi connectivity index (χ2n) is 10.6. The summed E-state index contributed by atoms with van der Waals surface area (Å²) < 4.78 is 44.5. The van der Waals surface area contributed by atoms with E-state index >= 15 is 0 Å². The van der Waals surface area contributed by atoms with E-state index in [4.69, 9.17) is 5.73 Å². The van der Waals surface area contributed by atoms with Gasteiger partial charge < -0.3 is 10.3 Å². The summed E-state index contributed by atoms with van der Waals surface area (Å²) in [5, 5.41) is 3.09. The Morgan fingerprint density at radius 1 is 0.837 bits per heavy atom.